The van der Waals surface area contributed by atoms with Gasteiger partial charge in [0.1, 0.15) is 11.9 Å². The Bertz CT molecular complexity index is 299. The molecule has 0 radical (unpaired) electrons. The van der Waals surface area contributed by atoms with Crippen molar-refractivity contribution in [2.45, 2.75) is 24.7 Å². The third-order valence-corrected chi connectivity index (χ3v) is 2.47. The highest BCUT2D eigenvalue weighted by molar-refractivity contribution is 5.04. The van der Waals surface area contributed by atoms with Crippen LogP contribution >= 0.6 is 0 Å². The Labute approximate surface area is 75.3 Å². The van der Waals surface area contributed by atoms with Gasteiger partial charge >= 0.3 is 0 Å². The Morgan fingerprint density at radius 1 is 1.54 bits per heavy atom. The van der Waals surface area contributed by atoms with E-state index in [2.05, 4.69) is 4.98 Å². The van der Waals surface area contributed by atoms with Crippen LogP contribution in [0.3, 0.4) is 0 Å². The van der Waals surface area contributed by atoms with E-state index in [0.717, 1.165) is 0 Å². The lowest BCUT2D eigenvalue weighted by Crippen LogP contribution is -2.43. The zero-order chi connectivity index (χ0) is 9.42. The second kappa shape index (κ2) is 3.10. The first-order valence-electron chi connectivity index (χ1n) is 4.22. The van der Waals surface area contributed by atoms with E-state index in [4.69, 9.17) is 5.11 Å². The summed E-state index contributed by atoms with van der Waals surface area (Å²) in [6.45, 7) is -0.193. The summed E-state index contributed by atoms with van der Waals surface area (Å²) in [5.74, 6) is 0.705. The summed E-state index contributed by atoms with van der Waals surface area (Å²) < 4.78 is 1.71. The van der Waals surface area contributed by atoms with Gasteiger partial charge in [-0.1, -0.05) is 0 Å². The Morgan fingerprint density at radius 3 is 3.00 bits per heavy atom. The molecule has 2 unspecified atom stereocenters. The van der Waals surface area contributed by atoms with Crippen molar-refractivity contribution in [3.63, 3.8) is 0 Å². The number of aliphatic hydroxyl groups is 3. The molecule has 1 aromatic heterocycles. The van der Waals surface area contributed by atoms with Crippen molar-refractivity contribution in [3.8, 4) is 0 Å². The number of hydrogen-bond donors (Lipinski definition) is 3. The number of aromatic nitrogens is 2. The molecule has 1 aromatic rings. The maximum Gasteiger partial charge on any atom is 0.111 e. The molecule has 0 fully saturated rings. The molecule has 5 heteroatoms. The molecule has 0 saturated heterocycles. The summed E-state index contributed by atoms with van der Waals surface area (Å²) in [6.07, 6.45) is 1.90. The fourth-order valence-electron chi connectivity index (χ4n) is 1.73. The minimum Gasteiger partial charge on any atom is -0.394 e. The van der Waals surface area contributed by atoms with Crippen LogP contribution in [0.25, 0.3) is 0 Å². The smallest absolute Gasteiger partial charge is 0.111 e. The van der Waals surface area contributed by atoms with E-state index >= 15 is 0 Å². The van der Waals surface area contributed by atoms with Crippen molar-refractivity contribution in [1.82, 2.24) is 9.55 Å². The quantitative estimate of drug-likeness (QED) is 0.506. The molecule has 3 atom stereocenters. The molecule has 3 N–H and O–H groups in total. The van der Waals surface area contributed by atoms with Crippen molar-refractivity contribution in [2.24, 2.45) is 0 Å². The van der Waals surface area contributed by atoms with E-state index in [9.17, 15) is 10.2 Å². The molecule has 1 aliphatic rings. The molecular weight excluding hydrogens is 172 g/mol. The number of hydrogen-bond acceptors (Lipinski definition) is 4. The molecule has 1 aliphatic heterocycles. The average molecular weight is 184 g/mol. The van der Waals surface area contributed by atoms with E-state index in [1.807, 2.05) is 0 Å². The van der Waals surface area contributed by atoms with Gasteiger partial charge in [0.25, 0.3) is 0 Å². The fourth-order valence-corrected chi connectivity index (χ4v) is 1.73. The summed E-state index contributed by atoms with van der Waals surface area (Å²) >= 11 is 0. The molecule has 2 heterocycles. The molecule has 2 rings (SSSR count). The number of fused-ring (bicyclic) bond motifs is 1. The molecule has 0 bridgehead atoms. The van der Waals surface area contributed by atoms with Gasteiger partial charge in [0.05, 0.1) is 18.8 Å². The fraction of sp³-hybridized carbons (Fsp3) is 0.625. The van der Waals surface area contributed by atoms with E-state index in [-0.39, 0.29) is 6.61 Å². The molecule has 0 amide bonds. The molecule has 72 valence electrons. The normalized spacial score (nSPS) is 33.0. The molecular formula is C8H12N2O3. The zero-order valence-electron chi connectivity index (χ0n) is 7.04. The molecule has 0 saturated carbocycles. The van der Waals surface area contributed by atoms with Crippen LogP contribution < -0.4 is 0 Å². The van der Waals surface area contributed by atoms with Crippen LogP contribution in [0.1, 0.15) is 11.9 Å². The lowest BCUT2D eigenvalue weighted by molar-refractivity contribution is -0.0418. The minimum atomic E-state index is -0.910. The standard InChI is InChI=1S/C8H12N2O3/c11-4-5-8(13)6(12)3-7-9-1-2-10(5)7/h1-2,5-6,8,11-13H,3-4H2/t5?,6?,8-/m1/s1. The van der Waals surface area contributed by atoms with Crippen LogP contribution in [0.2, 0.25) is 0 Å². The first-order valence-corrected chi connectivity index (χ1v) is 4.22. The predicted octanol–water partition coefficient (Wildman–Crippen LogP) is -1.31. The van der Waals surface area contributed by atoms with Gasteiger partial charge in [-0.05, 0) is 0 Å². The summed E-state index contributed by atoms with van der Waals surface area (Å²) in [7, 11) is 0. The van der Waals surface area contributed by atoms with Crippen LogP contribution in [0.5, 0.6) is 0 Å². The van der Waals surface area contributed by atoms with Crippen molar-refractivity contribution < 1.29 is 15.3 Å². The zero-order valence-corrected chi connectivity index (χ0v) is 7.04. The summed E-state index contributed by atoms with van der Waals surface area (Å²) in [6, 6.07) is -0.471. The first-order chi connectivity index (χ1) is 6.24. The summed E-state index contributed by atoms with van der Waals surface area (Å²) in [4.78, 5) is 4.02. The predicted molar refractivity (Wildman–Crippen MR) is 44.1 cm³/mol. The molecule has 5 nitrogen and oxygen atoms in total. The van der Waals surface area contributed by atoms with Crippen molar-refractivity contribution in [2.75, 3.05) is 6.61 Å². The molecule has 0 spiro atoms. The number of aliphatic hydroxyl groups excluding tert-OH is 3. The number of nitrogens with zero attached hydrogens (tertiary/aromatic N) is 2. The largest absolute Gasteiger partial charge is 0.394 e. The highest BCUT2D eigenvalue weighted by Gasteiger charge is 2.34. The second-order valence-electron chi connectivity index (χ2n) is 3.26. The minimum absolute atomic E-state index is 0.193. The maximum atomic E-state index is 9.54. The topological polar surface area (TPSA) is 78.5 Å². The van der Waals surface area contributed by atoms with Crippen LogP contribution in [0, 0.1) is 0 Å². The second-order valence-corrected chi connectivity index (χ2v) is 3.26. The van der Waals surface area contributed by atoms with Gasteiger partial charge in [-0.2, -0.15) is 0 Å². The summed E-state index contributed by atoms with van der Waals surface area (Å²) in [5.41, 5.74) is 0. The van der Waals surface area contributed by atoms with Gasteiger partial charge in [-0.15, -0.1) is 0 Å². The Kier molecular flexibility index (Phi) is 2.07. The molecule has 0 aromatic carbocycles. The number of rotatable bonds is 1. The third kappa shape index (κ3) is 1.25. The van der Waals surface area contributed by atoms with E-state index in [1.165, 1.54) is 0 Å². The van der Waals surface area contributed by atoms with Gasteiger partial charge in [-0.25, -0.2) is 4.98 Å². The van der Waals surface area contributed by atoms with Crippen LogP contribution in [-0.2, 0) is 6.42 Å². The van der Waals surface area contributed by atoms with E-state index in [0.29, 0.717) is 12.2 Å². The molecule has 13 heavy (non-hydrogen) atoms. The van der Waals surface area contributed by atoms with Gasteiger partial charge in [0, 0.05) is 18.8 Å². The van der Waals surface area contributed by atoms with E-state index < -0.39 is 18.2 Å². The molecule has 0 aliphatic carbocycles. The SMILES string of the molecule is OCC1[C@@H](O)C(O)Cc2nccn21. The van der Waals surface area contributed by atoms with Crippen molar-refractivity contribution >= 4 is 0 Å². The van der Waals surface area contributed by atoms with Crippen LogP contribution in [0.4, 0.5) is 0 Å². The van der Waals surface area contributed by atoms with E-state index in [1.54, 1.807) is 17.0 Å². The highest BCUT2D eigenvalue weighted by atomic mass is 16.3. The Morgan fingerprint density at radius 2 is 2.31 bits per heavy atom. The van der Waals surface area contributed by atoms with Gasteiger partial charge in [0.2, 0.25) is 0 Å². The van der Waals surface area contributed by atoms with Gasteiger partial charge in [-0.3, -0.25) is 0 Å². The highest BCUT2D eigenvalue weighted by Crippen LogP contribution is 2.23. The maximum absolute atomic E-state index is 9.54. The summed E-state index contributed by atoms with van der Waals surface area (Å²) in [5, 5.41) is 28.0. The van der Waals surface area contributed by atoms with Crippen molar-refractivity contribution in [3.05, 3.63) is 18.2 Å². The first kappa shape index (κ1) is 8.68. The van der Waals surface area contributed by atoms with Crippen LogP contribution in [0.15, 0.2) is 12.4 Å². The lowest BCUT2D eigenvalue weighted by Gasteiger charge is -2.32. The average Bonchev–Trinajstić information content (AvgIpc) is 2.54. The third-order valence-electron chi connectivity index (χ3n) is 2.47. The Hall–Kier alpha value is -0.910. The number of imidazole rings is 1. The van der Waals surface area contributed by atoms with Gasteiger partial charge < -0.3 is 19.9 Å². The van der Waals surface area contributed by atoms with Gasteiger partial charge in [0.15, 0.2) is 0 Å². The monoisotopic (exact) mass is 184 g/mol. The van der Waals surface area contributed by atoms with Crippen molar-refractivity contribution in [1.29, 1.82) is 0 Å². The van der Waals surface area contributed by atoms with Crippen LogP contribution in [-0.4, -0.2) is 43.7 Å². The lowest BCUT2D eigenvalue weighted by atomic mass is 9.99. The Balaban J connectivity index is 2.37.